The van der Waals surface area contributed by atoms with Crippen molar-refractivity contribution in [3.8, 4) is 0 Å². The fourth-order valence-corrected chi connectivity index (χ4v) is 5.11. The molecule has 4 rings (SSSR count). The third kappa shape index (κ3) is 6.52. The number of morpholine rings is 1. The van der Waals surface area contributed by atoms with Crippen LogP contribution in [0.5, 0.6) is 0 Å². The number of anilines is 2. The molecule has 0 saturated carbocycles. The number of amides is 1. The Bertz CT molecular complexity index is 1320. The lowest BCUT2D eigenvalue weighted by Crippen LogP contribution is -2.36. The van der Waals surface area contributed by atoms with Crippen LogP contribution in [0.3, 0.4) is 0 Å². The van der Waals surface area contributed by atoms with Gasteiger partial charge in [0.1, 0.15) is 4.90 Å². The normalized spacial score (nSPS) is 14.2. The number of ether oxygens (including phenoxy) is 1. The Labute approximate surface area is 213 Å². The van der Waals surface area contributed by atoms with Crippen molar-refractivity contribution in [3.63, 3.8) is 0 Å². The molecule has 0 spiro atoms. The minimum atomic E-state index is -4.05. The van der Waals surface area contributed by atoms with E-state index < -0.39 is 15.9 Å². The Kier molecular flexibility index (Phi) is 7.92. The average Bonchev–Trinajstić information content (AvgIpc) is 2.86. The maximum atomic E-state index is 12.8. The first-order chi connectivity index (χ1) is 16.8. The van der Waals surface area contributed by atoms with E-state index in [1.54, 1.807) is 12.1 Å². The van der Waals surface area contributed by atoms with Crippen LogP contribution in [-0.4, -0.2) is 46.8 Å². The summed E-state index contributed by atoms with van der Waals surface area (Å²) in [6.07, 6.45) is 1.51. The number of halogens is 2. The zero-order valence-electron chi connectivity index (χ0n) is 18.4. The largest absolute Gasteiger partial charge is 0.378 e. The van der Waals surface area contributed by atoms with E-state index in [-0.39, 0.29) is 15.5 Å². The lowest BCUT2D eigenvalue weighted by atomic mass is 10.2. The summed E-state index contributed by atoms with van der Waals surface area (Å²) in [5.41, 5.74) is 4.70. The first-order valence-corrected chi connectivity index (χ1v) is 12.9. The van der Waals surface area contributed by atoms with Crippen LogP contribution < -0.4 is 15.0 Å². The van der Waals surface area contributed by atoms with Gasteiger partial charge in [0.25, 0.3) is 15.9 Å². The lowest BCUT2D eigenvalue weighted by molar-refractivity contribution is 0.0955. The molecule has 8 nitrogen and oxygen atoms in total. The van der Waals surface area contributed by atoms with Crippen molar-refractivity contribution >= 4 is 56.7 Å². The average molecular weight is 533 g/mol. The standard InChI is InChI=1S/C24H22Cl2N4O4S/c25-19-4-6-20(7-5-19)29-35(32,33)23-15-18(3-10-22(23)26)24(31)28-27-16-17-1-8-21(9-2-17)30-11-13-34-14-12-30/h1-10,15-16,29H,11-14H2,(H,28,31). The van der Waals surface area contributed by atoms with E-state index >= 15 is 0 Å². The highest BCUT2D eigenvalue weighted by Crippen LogP contribution is 2.26. The third-order valence-corrected chi connectivity index (χ3v) is 7.34. The molecule has 1 heterocycles. The second kappa shape index (κ2) is 11.1. The molecule has 3 aromatic carbocycles. The predicted octanol–water partition coefficient (Wildman–Crippen LogP) is 4.39. The molecule has 0 atom stereocenters. The quantitative estimate of drug-likeness (QED) is 0.347. The molecule has 35 heavy (non-hydrogen) atoms. The van der Waals surface area contributed by atoms with E-state index in [9.17, 15) is 13.2 Å². The zero-order chi connectivity index (χ0) is 24.8. The number of rotatable bonds is 7. The summed E-state index contributed by atoms with van der Waals surface area (Å²) in [5.74, 6) is -0.578. The van der Waals surface area contributed by atoms with Crippen LogP contribution in [-0.2, 0) is 14.8 Å². The van der Waals surface area contributed by atoms with Crippen molar-refractivity contribution < 1.29 is 17.9 Å². The number of hydrogen-bond donors (Lipinski definition) is 2. The monoisotopic (exact) mass is 532 g/mol. The molecule has 0 aliphatic carbocycles. The summed E-state index contributed by atoms with van der Waals surface area (Å²) in [7, 11) is -4.05. The molecule has 1 amide bonds. The highest BCUT2D eigenvalue weighted by Gasteiger charge is 2.20. The number of benzene rings is 3. The molecule has 0 aromatic heterocycles. The number of hydrazone groups is 1. The van der Waals surface area contributed by atoms with E-state index in [2.05, 4.69) is 20.1 Å². The van der Waals surface area contributed by atoms with Crippen LogP contribution in [0.4, 0.5) is 11.4 Å². The minimum Gasteiger partial charge on any atom is -0.378 e. The number of nitrogens with one attached hydrogen (secondary N) is 2. The molecule has 1 aliphatic rings. The first kappa shape index (κ1) is 25.0. The van der Waals surface area contributed by atoms with Gasteiger partial charge in [-0.2, -0.15) is 5.10 Å². The maximum absolute atomic E-state index is 12.8. The molecule has 2 N–H and O–H groups in total. The zero-order valence-corrected chi connectivity index (χ0v) is 20.8. The van der Waals surface area contributed by atoms with Crippen LogP contribution in [0.25, 0.3) is 0 Å². The Morgan fingerprint density at radius 3 is 2.34 bits per heavy atom. The molecule has 0 radical (unpaired) electrons. The van der Waals surface area contributed by atoms with E-state index in [4.69, 9.17) is 27.9 Å². The van der Waals surface area contributed by atoms with Gasteiger partial charge in [0.2, 0.25) is 0 Å². The molecule has 0 unspecified atom stereocenters. The fraction of sp³-hybridized carbons (Fsp3) is 0.167. The Balaban J connectivity index is 1.42. The van der Waals surface area contributed by atoms with E-state index in [0.717, 1.165) is 24.3 Å². The minimum absolute atomic E-state index is 0.0214. The number of carbonyl (C=O) groups is 1. The number of nitrogens with zero attached hydrogens (tertiary/aromatic N) is 2. The van der Waals surface area contributed by atoms with Crippen LogP contribution in [0.1, 0.15) is 15.9 Å². The van der Waals surface area contributed by atoms with Gasteiger partial charge in [0, 0.05) is 35.1 Å². The predicted molar refractivity (Wildman–Crippen MR) is 138 cm³/mol. The molecule has 1 fully saturated rings. The van der Waals surface area contributed by atoms with Crippen LogP contribution in [0, 0.1) is 0 Å². The van der Waals surface area contributed by atoms with Crippen molar-refractivity contribution in [2.75, 3.05) is 35.9 Å². The molecular weight excluding hydrogens is 511 g/mol. The van der Waals surface area contributed by atoms with Crippen LogP contribution in [0.15, 0.2) is 76.7 Å². The van der Waals surface area contributed by atoms with Gasteiger partial charge < -0.3 is 9.64 Å². The summed E-state index contributed by atoms with van der Waals surface area (Å²) in [6.45, 7) is 3.11. The topological polar surface area (TPSA) is 100 Å². The van der Waals surface area contributed by atoms with Gasteiger partial charge >= 0.3 is 0 Å². The second-order valence-electron chi connectivity index (χ2n) is 7.65. The summed E-state index contributed by atoms with van der Waals surface area (Å²) >= 11 is 12.0. The molecular formula is C24H22Cl2N4O4S. The Morgan fingerprint density at radius 1 is 0.971 bits per heavy atom. The van der Waals surface area contributed by atoms with Crippen LogP contribution in [0.2, 0.25) is 10.0 Å². The smallest absolute Gasteiger partial charge is 0.271 e. The summed E-state index contributed by atoms with van der Waals surface area (Å²) in [4.78, 5) is 14.6. The van der Waals surface area contributed by atoms with Crippen molar-refractivity contribution in [2.24, 2.45) is 5.10 Å². The number of sulfonamides is 1. The molecule has 1 saturated heterocycles. The van der Waals surface area contributed by atoms with Crippen LogP contribution >= 0.6 is 23.2 Å². The molecule has 1 aliphatic heterocycles. The van der Waals surface area contributed by atoms with Crippen molar-refractivity contribution in [1.29, 1.82) is 0 Å². The first-order valence-electron chi connectivity index (χ1n) is 10.7. The fourth-order valence-electron chi connectivity index (χ4n) is 3.40. The second-order valence-corrected chi connectivity index (χ2v) is 10.1. The van der Waals surface area contributed by atoms with E-state index in [1.807, 2.05) is 24.3 Å². The molecule has 182 valence electrons. The summed E-state index contributed by atoms with van der Waals surface area (Å²) in [5, 5.41) is 4.43. The van der Waals surface area contributed by atoms with Crippen molar-refractivity contribution in [1.82, 2.24) is 5.43 Å². The van der Waals surface area contributed by atoms with Gasteiger partial charge in [-0.05, 0) is 60.2 Å². The number of carbonyl (C=O) groups excluding carboxylic acids is 1. The maximum Gasteiger partial charge on any atom is 0.271 e. The molecule has 0 bridgehead atoms. The van der Waals surface area contributed by atoms with Crippen molar-refractivity contribution in [3.05, 3.63) is 87.9 Å². The van der Waals surface area contributed by atoms with Crippen molar-refractivity contribution in [2.45, 2.75) is 4.90 Å². The molecule has 11 heteroatoms. The van der Waals surface area contributed by atoms with Gasteiger partial charge in [-0.1, -0.05) is 35.3 Å². The van der Waals surface area contributed by atoms with E-state index in [1.165, 1.54) is 36.5 Å². The van der Waals surface area contributed by atoms with E-state index in [0.29, 0.717) is 23.9 Å². The Morgan fingerprint density at radius 2 is 1.66 bits per heavy atom. The number of hydrogen-bond acceptors (Lipinski definition) is 6. The summed E-state index contributed by atoms with van der Waals surface area (Å²) in [6, 6.07) is 17.9. The SMILES string of the molecule is O=C(NN=Cc1ccc(N2CCOCC2)cc1)c1ccc(Cl)c(S(=O)(=O)Nc2ccc(Cl)cc2)c1. The molecule has 3 aromatic rings. The highest BCUT2D eigenvalue weighted by molar-refractivity contribution is 7.92. The Hall–Kier alpha value is -3.11. The summed E-state index contributed by atoms with van der Waals surface area (Å²) < 4.78 is 33.4. The third-order valence-electron chi connectivity index (χ3n) is 5.23. The van der Waals surface area contributed by atoms with Gasteiger partial charge in [-0.25, -0.2) is 13.8 Å². The van der Waals surface area contributed by atoms with Gasteiger partial charge in [-0.3, -0.25) is 9.52 Å². The van der Waals surface area contributed by atoms with Gasteiger partial charge in [0.05, 0.1) is 24.5 Å². The highest BCUT2D eigenvalue weighted by atomic mass is 35.5. The van der Waals surface area contributed by atoms with Gasteiger partial charge in [-0.15, -0.1) is 0 Å². The van der Waals surface area contributed by atoms with Gasteiger partial charge in [0.15, 0.2) is 0 Å². The lowest BCUT2D eigenvalue weighted by Gasteiger charge is -2.28.